The van der Waals surface area contributed by atoms with Crippen LogP contribution in [-0.4, -0.2) is 35.8 Å². The third kappa shape index (κ3) is 4.39. The van der Waals surface area contributed by atoms with E-state index in [0.29, 0.717) is 30.0 Å². The molecule has 228 valence electrons. The Bertz CT molecular complexity index is 1800. The van der Waals surface area contributed by atoms with Gasteiger partial charge in [0.1, 0.15) is 0 Å². The molecule has 1 saturated carbocycles. The van der Waals surface area contributed by atoms with Gasteiger partial charge in [-0.25, -0.2) is 4.90 Å². The molecule has 9 heteroatoms. The summed E-state index contributed by atoms with van der Waals surface area (Å²) in [5, 5.41) is 10.1. The maximum absolute atomic E-state index is 14.4. The average molecular weight is 668 g/mol. The van der Waals surface area contributed by atoms with Crippen LogP contribution in [0.25, 0.3) is 6.08 Å². The van der Waals surface area contributed by atoms with Crippen LogP contribution < -0.4 is 14.5 Å². The first kappa shape index (κ1) is 29.2. The number of halogens is 1. The molecule has 2 heterocycles. The lowest BCUT2D eigenvalue weighted by atomic mass is 9.52. The summed E-state index contributed by atoms with van der Waals surface area (Å²) in [4.78, 5) is 59.0. The first-order valence-corrected chi connectivity index (χ1v) is 15.8. The van der Waals surface area contributed by atoms with Crippen LogP contribution >= 0.6 is 15.9 Å². The maximum atomic E-state index is 14.4. The molecule has 7 rings (SSSR count). The van der Waals surface area contributed by atoms with Crippen LogP contribution in [0.4, 0.5) is 11.4 Å². The van der Waals surface area contributed by atoms with Crippen molar-refractivity contribution in [2.75, 3.05) is 16.9 Å². The number of aromatic hydroxyl groups is 1. The first-order chi connectivity index (χ1) is 21.6. The third-order valence-electron chi connectivity index (χ3n) is 10.1. The summed E-state index contributed by atoms with van der Waals surface area (Å²) >= 11 is 3.42. The van der Waals surface area contributed by atoms with Crippen molar-refractivity contribution in [3.8, 4) is 11.5 Å². The molecule has 45 heavy (non-hydrogen) atoms. The molecule has 3 aromatic rings. The van der Waals surface area contributed by atoms with Crippen LogP contribution in [0.1, 0.15) is 25.3 Å². The molecule has 3 aromatic carbocycles. The lowest BCUT2D eigenvalue weighted by molar-refractivity contribution is -0.132. The van der Waals surface area contributed by atoms with Gasteiger partial charge >= 0.3 is 0 Å². The standard InChI is InChI=1S/C36H31BrN2O6/c1-36-27(16-8-20-9-17-29(40)30(18-20)45-2)24-14-15-25-31(34(43)38(32(25)41)23-12-10-21(37)11-13-23)26(24)19-28(36)33(42)39(35(36)44)22-6-4-3-5-7-22/h3-14,16-18,25-28,31,40H,15,19H2,1-2H3. The molecule has 0 spiro atoms. The van der Waals surface area contributed by atoms with E-state index >= 15 is 0 Å². The molecule has 4 amide bonds. The number of ether oxygens (including phenoxy) is 1. The number of amides is 4. The summed E-state index contributed by atoms with van der Waals surface area (Å²) in [5.74, 6) is -3.54. The van der Waals surface area contributed by atoms with Crippen molar-refractivity contribution in [3.63, 3.8) is 0 Å². The fourth-order valence-corrected chi connectivity index (χ4v) is 8.16. The summed E-state index contributed by atoms with van der Waals surface area (Å²) in [6.07, 6.45) is 6.49. The Morgan fingerprint density at radius 3 is 2.31 bits per heavy atom. The number of nitrogens with zero attached hydrogens (tertiary/aromatic N) is 2. The molecule has 8 nitrogen and oxygen atoms in total. The van der Waals surface area contributed by atoms with Gasteiger partial charge in [-0.3, -0.25) is 24.1 Å². The number of anilines is 2. The van der Waals surface area contributed by atoms with Gasteiger partial charge in [-0.2, -0.15) is 0 Å². The molecular formula is C36H31BrN2O6. The number of allylic oxidation sites excluding steroid dienone is 3. The van der Waals surface area contributed by atoms with Gasteiger partial charge in [-0.1, -0.05) is 64.0 Å². The minimum atomic E-state index is -1.11. The minimum Gasteiger partial charge on any atom is -0.504 e. The van der Waals surface area contributed by atoms with E-state index in [2.05, 4.69) is 15.9 Å². The highest BCUT2D eigenvalue weighted by Gasteiger charge is 2.66. The number of phenols is 1. The van der Waals surface area contributed by atoms with E-state index in [-0.39, 0.29) is 29.4 Å². The van der Waals surface area contributed by atoms with Crippen molar-refractivity contribution in [2.24, 2.45) is 35.0 Å². The third-order valence-corrected chi connectivity index (χ3v) is 10.7. The van der Waals surface area contributed by atoms with Gasteiger partial charge in [0.05, 0.1) is 41.7 Å². The molecule has 2 aliphatic carbocycles. The van der Waals surface area contributed by atoms with Crippen molar-refractivity contribution in [3.05, 3.63) is 101 Å². The molecule has 0 aromatic heterocycles. The summed E-state index contributed by atoms with van der Waals surface area (Å²) in [5.41, 5.74) is 1.57. The highest BCUT2D eigenvalue weighted by Crippen LogP contribution is 2.61. The topological polar surface area (TPSA) is 104 Å². The Morgan fingerprint density at radius 2 is 1.60 bits per heavy atom. The number of hydrogen-bond donors (Lipinski definition) is 1. The lowest BCUT2D eigenvalue weighted by Crippen LogP contribution is -2.49. The van der Waals surface area contributed by atoms with Crippen LogP contribution in [0.5, 0.6) is 11.5 Å². The molecule has 3 fully saturated rings. The second kappa shape index (κ2) is 10.8. The van der Waals surface area contributed by atoms with E-state index in [4.69, 9.17) is 4.74 Å². The predicted molar refractivity (Wildman–Crippen MR) is 172 cm³/mol. The van der Waals surface area contributed by atoms with Crippen LogP contribution in [0.15, 0.2) is 95.0 Å². The van der Waals surface area contributed by atoms with Crippen molar-refractivity contribution in [1.29, 1.82) is 0 Å². The number of rotatable bonds is 5. The largest absolute Gasteiger partial charge is 0.504 e. The summed E-state index contributed by atoms with van der Waals surface area (Å²) in [6.45, 7) is 1.85. The number of phenolic OH excluding ortho intramolecular Hbond substituents is 1. The fraction of sp³-hybridized carbons (Fsp3) is 0.278. The smallest absolute Gasteiger partial charge is 0.241 e. The Morgan fingerprint density at radius 1 is 0.889 bits per heavy atom. The normalized spacial score (nSPS) is 29.1. The Labute approximate surface area is 269 Å². The van der Waals surface area contributed by atoms with Crippen LogP contribution in [0.3, 0.4) is 0 Å². The zero-order valence-corrected chi connectivity index (χ0v) is 26.3. The molecular weight excluding hydrogens is 636 g/mol. The minimum absolute atomic E-state index is 0.00949. The molecule has 6 atom stereocenters. The maximum Gasteiger partial charge on any atom is 0.241 e. The van der Waals surface area contributed by atoms with E-state index in [9.17, 15) is 24.3 Å². The number of para-hydroxylation sites is 1. The van der Waals surface area contributed by atoms with E-state index in [1.807, 2.05) is 31.2 Å². The van der Waals surface area contributed by atoms with Gasteiger partial charge in [0, 0.05) is 10.4 Å². The summed E-state index contributed by atoms with van der Waals surface area (Å²) in [6, 6.07) is 21.0. The molecule has 2 saturated heterocycles. The first-order valence-electron chi connectivity index (χ1n) is 15.0. The monoisotopic (exact) mass is 666 g/mol. The number of fused-ring (bicyclic) bond motifs is 4. The summed E-state index contributed by atoms with van der Waals surface area (Å²) in [7, 11) is 1.47. The van der Waals surface area contributed by atoms with Crippen molar-refractivity contribution >= 4 is 57.0 Å². The zero-order valence-electron chi connectivity index (χ0n) is 24.7. The number of methoxy groups -OCH3 is 1. The van der Waals surface area contributed by atoms with E-state index < -0.39 is 35.0 Å². The summed E-state index contributed by atoms with van der Waals surface area (Å²) < 4.78 is 6.13. The van der Waals surface area contributed by atoms with E-state index in [0.717, 1.165) is 15.6 Å². The Hall–Kier alpha value is -4.50. The highest BCUT2D eigenvalue weighted by atomic mass is 79.9. The number of hydrogen-bond acceptors (Lipinski definition) is 6. The van der Waals surface area contributed by atoms with Crippen LogP contribution in [-0.2, 0) is 19.2 Å². The Balaban J connectivity index is 1.33. The van der Waals surface area contributed by atoms with Gasteiger partial charge in [-0.05, 0) is 79.8 Å². The average Bonchev–Trinajstić information content (AvgIpc) is 3.41. The van der Waals surface area contributed by atoms with Crippen molar-refractivity contribution in [1.82, 2.24) is 0 Å². The van der Waals surface area contributed by atoms with Crippen LogP contribution in [0.2, 0.25) is 0 Å². The molecule has 2 aliphatic heterocycles. The van der Waals surface area contributed by atoms with Gasteiger partial charge < -0.3 is 9.84 Å². The molecule has 1 N–H and O–H groups in total. The fourth-order valence-electron chi connectivity index (χ4n) is 7.89. The van der Waals surface area contributed by atoms with Crippen molar-refractivity contribution < 1.29 is 29.0 Å². The lowest BCUT2D eigenvalue weighted by Gasteiger charge is -2.47. The van der Waals surface area contributed by atoms with E-state index in [1.165, 1.54) is 23.0 Å². The number of carbonyl (C=O) groups is 4. The number of benzene rings is 3. The van der Waals surface area contributed by atoms with Crippen molar-refractivity contribution in [2.45, 2.75) is 19.8 Å². The van der Waals surface area contributed by atoms with Crippen LogP contribution in [0, 0.1) is 35.0 Å². The SMILES string of the molecule is COc1cc(C=CC2C3=CCC4C(=O)N(c5ccc(Br)cc5)C(=O)C4C3CC3C(=O)N(c4ccccc4)C(=O)C23C)ccc1O. The molecule has 0 bridgehead atoms. The Kier molecular flexibility index (Phi) is 7.04. The second-order valence-electron chi connectivity index (χ2n) is 12.3. The quantitative estimate of drug-likeness (QED) is 0.259. The van der Waals surface area contributed by atoms with E-state index in [1.54, 1.807) is 60.7 Å². The zero-order chi connectivity index (χ0) is 31.6. The molecule has 0 radical (unpaired) electrons. The highest BCUT2D eigenvalue weighted by molar-refractivity contribution is 9.10. The van der Waals surface area contributed by atoms with Gasteiger partial charge in [-0.15, -0.1) is 0 Å². The van der Waals surface area contributed by atoms with Gasteiger partial charge in [0.25, 0.3) is 0 Å². The number of imide groups is 2. The second-order valence-corrected chi connectivity index (χ2v) is 13.2. The van der Waals surface area contributed by atoms with Gasteiger partial charge in [0.15, 0.2) is 11.5 Å². The van der Waals surface area contributed by atoms with Gasteiger partial charge in [0.2, 0.25) is 23.6 Å². The predicted octanol–water partition coefficient (Wildman–Crippen LogP) is 6.14. The molecule has 6 unspecified atom stereocenters. The molecule has 4 aliphatic rings. The number of carbonyl (C=O) groups excluding carboxylic acids is 4.